The Balaban J connectivity index is 2.88. The molecule has 0 atom stereocenters. The van der Waals surface area contributed by atoms with Gasteiger partial charge in [0.1, 0.15) is 0 Å². The summed E-state index contributed by atoms with van der Waals surface area (Å²) in [5.41, 5.74) is 2.52. The van der Waals surface area contributed by atoms with E-state index >= 15 is 0 Å². The molecule has 0 aliphatic rings. The molecule has 15 heavy (non-hydrogen) atoms. The maximum atomic E-state index is 5.85. The van der Waals surface area contributed by atoms with Crippen LogP contribution in [0, 0.1) is 0 Å². The molecule has 0 radical (unpaired) electrons. The molecule has 0 nitrogen and oxygen atoms in total. The number of halogens is 1. The van der Waals surface area contributed by atoms with E-state index in [0.717, 1.165) is 17.2 Å². The Morgan fingerprint density at radius 1 is 1.40 bits per heavy atom. The van der Waals surface area contributed by atoms with Gasteiger partial charge in [-0.3, -0.25) is 0 Å². The molecule has 0 aliphatic carbocycles. The van der Waals surface area contributed by atoms with E-state index in [1.807, 2.05) is 42.1 Å². The summed E-state index contributed by atoms with van der Waals surface area (Å²) >= 11 is 7.67. The summed E-state index contributed by atoms with van der Waals surface area (Å²) in [6.07, 6.45) is 2.82. The molecule has 0 N–H and O–H groups in total. The van der Waals surface area contributed by atoms with Crippen molar-refractivity contribution in [3.8, 4) is 0 Å². The van der Waals surface area contributed by atoms with Crippen LogP contribution in [0.15, 0.2) is 42.3 Å². The lowest BCUT2D eigenvalue weighted by atomic mass is 10.1. The summed E-state index contributed by atoms with van der Waals surface area (Å²) in [5, 5.41) is 2.98. The first kappa shape index (κ1) is 12.4. The minimum absolute atomic E-state index is 0.778. The van der Waals surface area contributed by atoms with Crippen LogP contribution in [0.2, 0.25) is 5.02 Å². The number of rotatable bonds is 5. The summed E-state index contributed by atoms with van der Waals surface area (Å²) in [4.78, 5) is 0. The average molecular weight is 239 g/mol. The molecule has 1 rings (SSSR count). The predicted octanol–water partition coefficient (Wildman–Crippen LogP) is 5.01. The molecule has 0 saturated heterocycles. The number of thioether (sulfide) groups is 1. The van der Waals surface area contributed by atoms with E-state index in [1.54, 1.807) is 0 Å². The van der Waals surface area contributed by atoms with E-state index in [-0.39, 0.29) is 0 Å². The van der Waals surface area contributed by atoms with Gasteiger partial charge < -0.3 is 0 Å². The van der Waals surface area contributed by atoms with Gasteiger partial charge in [0.25, 0.3) is 0 Å². The molecule has 0 spiro atoms. The second-order valence-corrected chi connectivity index (χ2v) is 4.68. The molecule has 0 heterocycles. The molecule has 0 unspecified atom stereocenters. The highest BCUT2D eigenvalue weighted by Crippen LogP contribution is 2.23. The maximum Gasteiger partial charge on any atom is 0.0406 e. The molecule has 0 fully saturated rings. The number of hydrogen-bond donors (Lipinski definition) is 0. The fraction of sp³-hybridized carbons (Fsp3) is 0.231. The average Bonchev–Trinajstić information content (AvgIpc) is 2.25. The number of hydrogen-bond acceptors (Lipinski definition) is 1. The molecule has 80 valence electrons. The number of benzene rings is 1. The minimum Gasteiger partial charge on any atom is -0.134 e. The van der Waals surface area contributed by atoms with E-state index in [0.29, 0.717) is 0 Å². The Morgan fingerprint density at radius 2 is 2.07 bits per heavy atom. The van der Waals surface area contributed by atoms with Gasteiger partial charge in [0, 0.05) is 5.02 Å². The van der Waals surface area contributed by atoms with Crippen molar-refractivity contribution in [3.05, 3.63) is 52.9 Å². The van der Waals surface area contributed by atoms with Crippen LogP contribution in [-0.2, 0) is 0 Å². The molecule has 1 aromatic carbocycles. The third kappa shape index (κ3) is 4.15. The van der Waals surface area contributed by atoms with E-state index in [9.17, 15) is 0 Å². The van der Waals surface area contributed by atoms with Crippen molar-refractivity contribution in [1.82, 2.24) is 0 Å². The molecule has 1 aromatic rings. The zero-order valence-electron chi connectivity index (χ0n) is 8.87. The van der Waals surface area contributed by atoms with Crippen LogP contribution in [0.3, 0.4) is 0 Å². The van der Waals surface area contributed by atoms with E-state index < -0.39 is 0 Å². The number of allylic oxidation sites excluding steroid dienone is 2. The Labute approximate surface area is 101 Å². The molecular formula is C13H15ClS. The maximum absolute atomic E-state index is 5.85. The van der Waals surface area contributed by atoms with Gasteiger partial charge in [-0.15, -0.1) is 18.3 Å². The molecular weight excluding hydrogens is 224 g/mol. The summed E-state index contributed by atoms with van der Waals surface area (Å²) in [7, 11) is 0. The second-order valence-electron chi connectivity index (χ2n) is 3.10. The molecule has 0 bridgehead atoms. The Bertz CT molecular complexity index is 338. The summed E-state index contributed by atoms with van der Waals surface area (Å²) < 4.78 is 0. The summed E-state index contributed by atoms with van der Waals surface area (Å²) in [5.74, 6) is 1.09. The second kappa shape index (κ2) is 6.76. The van der Waals surface area contributed by atoms with Gasteiger partial charge in [0.2, 0.25) is 0 Å². The Kier molecular flexibility index (Phi) is 5.59. The highest BCUT2D eigenvalue weighted by molar-refractivity contribution is 8.02. The van der Waals surface area contributed by atoms with Crippen LogP contribution in [0.25, 0.3) is 5.57 Å². The van der Waals surface area contributed by atoms with Crippen molar-refractivity contribution in [2.45, 2.75) is 13.3 Å². The first-order valence-electron chi connectivity index (χ1n) is 4.95. The van der Waals surface area contributed by atoms with Crippen LogP contribution < -0.4 is 0 Å². The van der Waals surface area contributed by atoms with Crippen LogP contribution >= 0.6 is 23.4 Å². The fourth-order valence-electron chi connectivity index (χ4n) is 1.24. The van der Waals surface area contributed by atoms with Crippen molar-refractivity contribution in [3.63, 3.8) is 0 Å². The van der Waals surface area contributed by atoms with Crippen molar-refractivity contribution >= 4 is 28.9 Å². The van der Waals surface area contributed by atoms with Gasteiger partial charge in [-0.25, -0.2) is 0 Å². The largest absolute Gasteiger partial charge is 0.134 e. The van der Waals surface area contributed by atoms with Gasteiger partial charge in [0.05, 0.1) is 0 Å². The molecule has 0 aliphatic heterocycles. The standard InChI is InChI=1S/C13H15ClS/c1-3-5-12(10-15-4-2)11-6-8-13(14)9-7-11/h3,6-10H,1,4-5H2,2H3/b12-10-. The van der Waals surface area contributed by atoms with Gasteiger partial charge >= 0.3 is 0 Å². The lowest BCUT2D eigenvalue weighted by Gasteiger charge is -2.05. The monoisotopic (exact) mass is 238 g/mol. The van der Waals surface area contributed by atoms with Crippen molar-refractivity contribution in [1.29, 1.82) is 0 Å². The van der Waals surface area contributed by atoms with Crippen LogP contribution in [0.1, 0.15) is 18.9 Å². The quantitative estimate of drug-likeness (QED) is 0.650. The topological polar surface area (TPSA) is 0 Å². The summed E-state index contributed by atoms with van der Waals surface area (Å²) in [6.45, 7) is 5.92. The van der Waals surface area contributed by atoms with Crippen LogP contribution in [0.4, 0.5) is 0 Å². The molecule has 0 aromatic heterocycles. The van der Waals surface area contributed by atoms with Crippen molar-refractivity contribution < 1.29 is 0 Å². The first-order valence-corrected chi connectivity index (χ1v) is 6.38. The van der Waals surface area contributed by atoms with Crippen LogP contribution in [-0.4, -0.2) is 5.75 Å². The minimum atomic E-state index is 0.778. The van der Waals surface area contributed by atoms with Gasteiger partial charge in [-0.1, -0.05) is 36.7 Å². The SMILES string of the molecule is C=CC/C(=C/SCC)c1ccc(Cl)cc1. The highest BCUT2D eigenvalue weighted by Gasteiger charge is 1.99. The lowest BCUT2D eigenvalue weighted by Crippen LogP contribution is -1.82. The lowest BCUT2D eigenvalue weighted by molar-refractivity contribution is 1.41. The Hall–Kier alpha value is -0.660. The molecule has 0 amide bonds. The van der Waals surface area contributed by atoms with E-state index in [1.165, 1.54) is 11.1 Å². The van der Waals surface area contributed by atoms with Gasteiger partial charge in [0.15, 0.2) is 0 Å². The third-order valence-corrected chi connectivity index (χ3v) is 3.01. The third-order valence-electron chi connectivity index (χ3n) is 1.97. The first-order chi connectivity index (χ1) is 7.27. The van der Waals surface area contributed by atoms with Gasteiger partial charge in [-0.2, -0.15) is 0 Å². The van der Waals surface area contributed by atoms with E-state index in [2.05, 4.69) is 18.9 Å². The van der Waals surface area contributed by atoms with Crippen molar-refractivity contribution in [2.24, 2.45) is 0 Å². The summed E-state index contributed by atoms with van der Waals surface area (Å²) in [6, 6.07) is 7.94. The fourth-order valence-corrected chi connectivity index (χ4v) is 1.96. The smallest absolute Gasteiger partial charge is 0.0406 e. The van der Waals surface area contributed by atoms with Gasteiger partial charge in [-0.05, 0) is 40.9 Å². The normalized spacial score (nSPS) is 11.5. The molecule has 0 saturated carbocycles. The van der Waals surface area contributed by atoms with Crippen molar-refractivity contribution in [2.75, 3.05) is 5.75 Å². The van der Waals surface area contributed by atoms with Crippen LogP contribution in [0.5, 0.6) is 0 Å². The zero-order chi connectivity index (χ0) is 11.1. The Morgan fingerprint density at radius 3 is 2.60 bits per heavy atom. The molecule has 2 heteroatoms. The highest BCUT2D eigenvalue weighted by atomic mass is 35.5. The van der Waals surface area contributed by atoms with E-state index in [4.69, 9.17) is 11.6 Å². The zero-order valence-corrected chi connectivity index (χ0v) is 10.4. The predicted molar refractivity (Wildman–Crippen MR) is 72.4 cm³/mol.